The van der Waals surface area contributed by atoms with Gasteiger partial charge in [-0.1, -0.05) is 6.07 Å². The molecule has 6 nitrogen and oxygen atoms in total. The molecule has 28 heavy (non-hydrogen) atoms. The first-order valence-electron chi connectivity index (χ1n) is 9.79. The lowest BCUT2D eigenvalue weighted by Gasteiger charge is -2.23. The van der Waals surface area contributed by atoms with Gasteiger partial charge in [-0.2, -0.15) is 5.10 Å². The Labute approximate surface area is 162 Å². The molecule has 3 aromatic heterocycles. The van der Waals surface area contributed by atoms with Crippen molar-refractivity contribution in [2.24, 2.45) is 0 Å². The van der Waals surface area contributed by atoms with Gasteiger partial charge in [0.1, 0.15) is 5.65 Å². The van der Waals surface area contributed by atoms with Crippen molar-refractivity contribution >= 4 is 16.4 Å². The summed E-state index contributed by atoms with van der Waals surface area (Å²) in [5.41, 5.74) is 5.33. The van der Waals surface area contributed by atoms with Gasteiger partial charge < -0.3 is 9.72 Å². The molecule has 0 bridgehead atoms. The van der Waals surface area contributed by atoms with Crippen LogP contribution in [0.1, 0.15) is 30.1 Å². The predicted octanol–water partition coefficient (Wildman–Crippen LogP) is 3.25. The third-order valence-electron chi connectivity index (χ3n) is 5.70. The van der Waals surface area contributed by atoms with E-state index >= 15 is 0 Å². The van der Waals surface area contributed by atoms with Crippen LogP contribution < -0.4 is 10.9 Å². The summed E-state index contributed by atoms with van der Waals surface area (Å²) in [5, 5.41) is 9.45. The van der Waals surface area contributed by atoms with Gasteiger partial charge >= 0.3 is 0 Å². The summed E-state index contributed by atoms with van der Waals surface area (Å²) in [5.74, 6) is 0. The molecule has 0 saturated carbocycles. The summed E-state index contributed by atoms with van der Waals surface area (Å²) < 4.78 is 3.73. The molecule has 1 aliphatic heterocycles. The molecule has 1 saturated heterocycles. The number of hydrogen-bond donors (Lipinski definition) is 1. The van der Waals surface area contributed by atoms with E-state index in [-0.39, 0.29) is 11.6 Å². The molecular formula is C22H23N5O. The smallest absolute Gasteiger partial charge is 0.274 e. The Morgan fingerprint density at radius 2 is 1.93 bits per heavy atom. The first kappa shape index (κ1) is 17.1. The SMILES string of the molecule is Cc1cn2cc(-c3ccc4c(=O)n(C5CCNCC5)ncc4c3)c(C)cc2n1. The van der Waals surface area contributed by atoms with Crippen LogP contribution in [-0.2, 0) is 0 Å². The topological polar surface area (TPSA) is 64.2 Å². The van der Waals surface area contributed by atoms with Crippen LogP contribution in [0, 0.1) is 13.8 Å². The Bertz CT molecular complexity index is 1250. The van der Waals surface area contributed by atoms with Crippen LogP contribution in [0.2, 0.25) is 0 Å². The second kappa shape index (κ2) is 6.56. The molecule has 1 aliphatic rings. The van der Waals surface area contributed by atoms with E-state index in [1.807, 2.05) is 31.5 Å². The van der Waals surface area contributed by atoms with E-state index in [1.165, 1.54) is 0 Å². The summed E-state index contributed by atoms with van der Waals surface area (Å²) in [6.07, 6.45) is 7.85. The molecule has 0 unspecified atom stereocenters. The highest BCUT2D eigenvalue weighted by Gasteiger charge is 2.18. The van der Waals surface area contributed by atoms with E-state index < -0.39 is 0 Å². The molecule has 4 aromatic rings. The van der Waals surface area contributed by atoms with Crippen molar-refractivity contribution in [1.82, 2.24) is 24.5 Å². The van der Waals surface area contributed by atoms with Crippen molar-refractivity contribution < 1.29 is 0 Å². The van der Waals surface area contributed by atoms with Crippen molar-refractivity contribution in [2.75, 3.05) is 13.1 Å². The van der Waals surface area contributed by atoms with Gasteiger partial charge in [-0.25, -0.2) is 9.67 Å². The van der Waals surface area contributed by atoms with Crippen LogP contribution in [0.4, 0.5) is 0 Å². The van der Waals surface area contributed by atoms with Crippen molar-refractivity contribution in [1.29, 1.82) is 0 Å². The maximum absolute atomic E-state index is 13.0. The summed E-state index contributed by atoms with van der Waals surface area (Å²) >= 11 is 0. The summed E-state index contributed by atoms with van der Waals surface area (Å²) in [7, 11) is 0. The highest BCUT2D eigenvalue weighted by molar-refractivity contribution is 5.86. The Hall–Kier alpha value is -2.99. The molecule has 1 aromatic carbocycles. The fraction of sp³-hybridized carbons (Fsp3) is 0.318. The highest BCUT2D eigenvalue weighted by Crippen LogP contribution is 2.27. The van der Waals surface area contributed by atoms with Gasteiger partial charge in [0, 0.05) is 23.3 Å². The van der Waals surface area contributed by atoms with Crippen LogP contribution in [0.3, 0.4) is 0 Å². The lowest BCUT2D eigenvalue weighted by molar-refractivity contribution is 0.333. The standard InChI is InChI=1S/C22H23N5O/c1-14-9-21-25-15(2)12-26(21)13-20(14)16-3-4-19-17(10-16)11-24-27(22(19)28)18-5-7-23-8-6-18/h3-4,9-13,18,23H,5-8H2,1-2H3. The molecular weight excluding hydrogens is 350 g/mol. The molecule has 0 aliphatic carbocycles. The van der Waals surface area contributed by atoms with Crippen LogP contribution in [0.5, 0.6) is 0 Å². The van der Waals surface area contributed by atoms with Crippen molar-refractivity contribution in [3.8, 4) is 11.1 Å². The molecule has 0 atom stereocenters. The molecule has 1 fully saturated rings. The molecule has 0 amide bonds. The summed E-state index contributed by atoms with van der Waals surface area (Å²) in [6, 6.07) is 8.32. The van der Waals surface area contributed by atoms with E-state index in [4.69, 9.17) is 0 Å². The normalized spacial score (nSPS) is 15.5. The minimum Gasteiger partial charge on any atom is -0.317 e. The number of rotatable bonds is 2. The number of imidazole rings is 1. The number of aromatic nitrogens is 4. The summed E-state index contributed by atoms with van der Waals surface area (Å²) in [4.78, 5) is 17.5. The molecule has 0 spiro atoms. The lowest BCUT2D eigenvalue weighted by Crippen LogP contribution is -2.35. The van der Waals surface area contributed by atoms with Gasteiger partial charge in [-0.15, -0.1) is 0 Å². The van der Waals surface area contributed by atoms with Crippen molar-refractivity contribution in [3.63, 3.8) is 0 Å². The van der Waals surface area contributed by atoms with Gasteiger partial charge in [-0.3, -0.25) is 4.79 Å². The van der Waals surface area contributed by atoms with Crippen LogP contribution >= 0.6 is 0 Å². The number of benzene rings is 1. The van der Waals surface area contributed by atoms with Crippen LogP contribution in [0.15, 0.2) is 47.7 Å². The maximum atomic E-state index is 13.0. The second-order valence-corrected chi connectivity index (χ2v) is 7.70. The lowest BCUT2D eigenvalue weighted by atomic mass is 10.0. The number of pyridine rings is 1. The van der Waals surface area contributed by atoms with E-state index in [0.717, 1.165) is 64.7 Å². The minimum atomic E-state index is 0.00774. The Kier molecular flexibility index (Phi) is 4.02. The fourth-order valence-electron chi connectivity index (χ4n) is 4.20. The van der Waals surface area contributed by atoms with Gasteiger partial charge in [0.2, 0.25) is 0 Å². The first-order chi connectivity index (χ1) is 13.6. The Morgan fingerprint density at radius 1 is 1.11 bits per heavy atom. The molecule has 0 radical (unpaired) electrons. The number of aryl methyl sites for hydroxylation is 2. The fourth-order valence-corrected chi connectivity index (χ4v) is 4.20. The van der Waals surface area contributed by atoms with E-state index in [2.05, 4.69) is 45.1 Å². The largest absolute Gasteiger partial charge is 0.317 e. The number of hydrogen-bond acceptors (Lipinski definition) is 4. The molecule has 5 rings (SSSR count). The zero-order chi connectivity index (χ0) is 19.3. The van der Waals surface area contributed by atoms with Gasteiger partial charge in [0.05, 0.1) is 23.3 Å². The van der Waals surface area contributed by atoms with Crippen molar-refractivity contribution in [2.45, 2.75) is 32.7 Å². The van der Waals surface area contributed by atoms with Gasteiger partial charge in [0.25, 0.3) is 5.56 Å². The third kappa shape index (κ3) is 2.81. The van der Waals surface area contributed by atoms with Gasteiger partial charge in [-0.05, 0) is 69.1 Å². The highest BCUT2D eigenvalue weighted by atomic mass is 16.1. The predicted molar refractivity (Wildman–Crippen MR) is 111 cm³/mol. The molecule has 1 N–H and O–H groups in total. The minimum absolute atomic E-state index is 0.00774. The quantitative estimate of drug-likeness (QED) is 0.586. The number of piperidine rings is 1. The van der Waals surface area contributed by atoms with E-state index in [1.54, 1.807) is 4.68 Å². The van der Waals surface area contributed by atoms with E-state index in [0.29, 0.717) is 0 Å². The maximum Gasteiger partial charge on any atom is 0.274 e. The van der Waals surface area contributed by atoms with Crippen LogP contribution in [0.25, 0.3) is 27.5 Å². The van der Waals surface area contributed by atoms with Crippen LogP contribution in [-0.4, -0.2) is 32.3 Å². The molecule has 6 heteroatoms. The molecule has 4 heterocycles. The zero-order valence-electron chi connectivity index (χ0n) is 16.1. The molecule has 142 valence electrons. The Balaban J connectivity index is 1.60. The summed E-state index contributed by atoms with van der Waals surface area (Å²) in [6.45, 7) is 5.96. The number of nitrogens with zero attached hydrogens (tertiary/aromatic N) is 4. The number of fused-ring (bicyclic) bond motifs is 2. The van der Waals surface area contributed by atoms with E-state index in [9.17, 15) is 4.79 Å². The number of nitrogens with one attached hydrogen (secondary N) is 1. The first-order valence-corrected chi connectivity index (χ1v) is 9.79. The average molecular weight is 373 g/mol. The second-order valence-electron chi connectivity index (χ2n) is 7.70. The monoisotopic (exact) mass is 373 g/mol. The van der Waals surface area contributed by atoms with Crippen molar-refractivity contribution in [3.05, 3.63) is 64.5 Å². The van der Waals surface area contributed by atoms with Gasteiger partial charge in [0.15, 0.2) is 0 Å². The third-order valence-corrected chi connectivity index (χ3v) is 5.70. The average Bonchev–Trinajstić information content (AvgIpc) is 3.07. The zero-order valence-corrected chi connectivity index (χ0v) is 16.1. The Morgan fingerprint density at radius 3 is 2.75 bits per heavy atom.